The van der Waals surface area contributed by atoms with Crippen LogP contribution >= 0.6 is 0 Å². The Kier molecular flexibility index (Phi) is 6.68. The maximum absolute atomic E-state index is 13.1. The summed E-state index contributed by atoms with van der Waals surface area (Å²) in [7, 11) is 0. The summed E-state index contributed by atoms with van der Waals surface area (Å²) in [6.07, 6.45) is 5.30. The van der Waals surface area contributed by atoms with E-state index >= 15 is 0 Å². The van der Waals surface area contributed by atoms with Gasteiger partial charge in [-0.05, 0) is 49.7 Å². The number of para-hydroxylation sites is 2. The fourth-order valence-electron chi connectivity index (χ4n) is 3.91. The van der Waals surface area contributed by atoms with Gasteiger partial charge in [-0.3, -0.25) is 9.36 Å². The van der Waals surface area contributed by atoms with E-state index < -0.39 is 5.97 Å². The van der Waals surface area contributed by atoms with E-state index in [-0.39, 0.29) is 17.2 Å². The van der Waals surface area contributed by atoms with E-state index in [1.165, 1.54) is 13.3 Å². The van der Waals surface area contributed by atoms with Crippen LogP contribution in [0.2, 0.25) is 0 Å². The second-order valence-electron chi connectivity index (χ2n) is 8.13. The zero-order chi connectivity index (χ0) is 23.4. The van der Waals surface area contributed by atoms with Crippen molar-refractivity contribution in [3.63, 3.8) is 0 Å². The summed E-state index contributed by atoms with van der Waals surface area (Å²) in [6, 6.07) is 14.5. The van der Waals surface area contributed by atoms with E-state index in [1.54, 1.807) is 28.8 Å². The van der Waals surface area contributed by atoms with E-state index in [0.29, 0.717) is 40.1 Å². The Morgan fingerprint density at radius 1 is 0.939 bits per heavy atom. The number of anilines is 1. The molecular weight excluding hydrogens is 416 g/mol. The highest BCUT2D eigenvalue weighted by Gasteiger charge is 2.26. The van der Waals surface area contributed by atoms with Crippen molar-refractivity contribution in [1.29, 1.82) is 0 Å². The highest BCUT2D eigenvalue weighted by atomic mass is 16.5. The summed E-state index contributed by atoms with van der Waals surface area (Å²) >= 11 is 0. The average Bonchev–Trinajstić information content (AvgIpc) is 3.10. The molecule has 170 valence electrons. The normalized spacial score (nSPS) is 11.2. The number of ketones is 1. The minimum Gasteiger partial charge on any atom is -0.462 e. The first-order valence-electron chi connectivity index (χ1n) is 11.4. The molecule has 0 atom stereocenters. The molecule has 4 rings (SSSR count). The number of Topliss-reactive ketones (excluding diaryl/α,β-unsaturated/α-hetero) is 1. The number of rotatable bonds is 9. The number of hydrogen-bond acceptors (Lipinski definition) is 6. The standard InChI is InChI=1S/C26H28N4O3/c1-3-4-5-6-9-16-33-26(32)22-23-25(29-21-11-8-7-10-20(21)28-23)30(24(22)27)19-14-12-18(13-15-19)17(2)31/h7-8,10-15H,3-6,9,16,27H2,1-2H3. The second-order valence-corrected chi connectivity index (χ2v) is 8.13. The number of nitrogens with zero attached hydrogens (tertiary/aromatic N) is 3. The molecule has 0 saturated heterocycles. The molecule has 33 heavy (non-hydrogen) atoms. The van der Waals surface area contributed by atoms with Crippen LogP contribution in [0.4, 0.5) is 5.82 Å². The number of nitrogens with two attached hydrogens (primary N) is 1. The van der Waals surface area contributed by atoms with Crippen LogP contribution in [0, 0.1) is 0 Å². The van der Waals surface area contributed by atoms with E-state index in [9.17, 15) is 9.59 Å². The number of unbranched alkanes of at least 4 members (excludes halogenated alkanes) is 4. The van der Waals surface area contributed by atoms with Gasteiger partial charge in [0.05, 0.1) is 17.6 Å². The van der Waals surface area contributed by atoms with E-state index in [4.69, 9.17) is 20.4 Å². The third-order valence-corrected chi connectivity index (χ3v) is 5.71. The molecule has 0 bridgehead atoms. The molecule has 2 heterocycles. The second kappa shape index (κ2) is 9.81. The molecule has 2 N–H and O–H groups in total. The Morgan fingerprint density at radius 3 is 2.27 bits per heavy atom. The molecule has 0 fully saturated rings. The lowest BCUT2D eigenvalue weighted by Crippen LogP contribution is -2.10. The molecule has 0 amide bonds. The maximum atomic E-state index is 13.1. The number of carbonyl (C=O) groups is 2. The Bertz CT molecular complexity index is 1310. The predicted molar refractivity (Wildman–Crippen MR) is 130 cm³/mol. The topological polar surface area (TPSA) is 100 Å². The van der Waals surface area contributed by atoms with Crippen LogP contribution in [-0.4, -0.2) is 32.9 Å². The predicted octanol–water partition coefficient (Wildman–Crippen LogP) is 5.49. The fourth-order valence-corrected chi connectivity index (χ4v) is 3.91. The van der Waals surface area contributed by atoms with Gasteiger partial charge in [0.2, 0.25) is 0 Å². The van der Waals surface area contributed by atoms with Gasteiger partial charge in [-0.1, -0.05) is 44.7 Å². The summed E-state index contributed by atoms with van der Waals surface area (Å²) in [5, 5.41) is 0. The molecule has 0 aliphatic rings. The Morgan fingerprint density at radius 2 is 1.61 bits per heavy atom. The zero-order valence-corrected chi connectivity index (χ0v) is 19.0. The Hall–Kier alpha value is -3.74. The van der Waals surface area contributed by atoms with E-state index in [2.05, 4.69) is 6.92 Å². The largest absolute Gasteiger partial charge is 0.462 e. The van der Waals surface area contributed by atoms with Gasteiger partial charge in [0.1, 0.15) is 16.9 Å². The van der Waals surface area contributed by atoms with Gasteiger partial charge in [0.25, 0.3) is 0 Å². The number of carbonyl (C=O) groups excluding carboxylic acids is 2. The number of ether oxygens (including phenoxy) is 1. The third-order valence-electron chi connectivity index (χ3n) is 5.71. The molecule has 2 aromatic heterocycles. The summed E-state index contributed by atoms with van der Waals surface area (Å²) in [5.74, 6) is -0.315. The molecule has 7 heteroatoms. The number of nitrogen functional groups attached to an aromatic ring is 1. The molecule has 0 aliphatic heterocycles. The number of hydrogen-bond donors (Lipinski definition) is 1. The summed E-state index contributed by atoms with van der Waals surface area (Å²) < 4.78 is 7.26. The minimum absolute atomic E-state index is 0.0270. The van der Waals surface area contributed by atoms with Crippen molar-refractivity contribution in [3.8, 4) is 5.69 Å². The van der Waals surface area contributed by atoms with Crippen LogP contribution in [0.5, 0.6) is 0 Å². The van der Waals surface area contributed by atoms with Crippen LogP contribution in [-0.2, 0) is 4.74 Å². The SMILES string of the molecule is CCCCCCCOC(=O)c1c(N)n(-c2ccc(C(C)=O)cc2)c2nc3ccccc3nc12. The molecule has 2 aromatic carbocycles. The first kappa shape index (κ1) is 22.5. The lowest BCUT2D eigenvalue weighted by atomic mass is 10.1. The van der Waals surface area contributed by atoms with Crippen molar-refractivity contribution >= 4 is 39.8 Å². The molecule has 4 aromatic rings. The molecule has 0 aliphatic carbocycles. The molecule has 0 spiro atoms. The zero-order valence-electron chi connectivity index (χ0n) is 19.0. The van der Waals surface area contributed by atoms with E-state index in [0.717, 1.165) is 25.7 Å². The van der Waals surface area contributed by atoms with Gasteiger partial charge in [0, 0.05) is 11.3 Å². The summed E-state index contributed by atoms with van der Waals surface area (Å²) in [4.78, 5) is 34.2. The molecular formula is C26H28N4O3. The van der Waals surface area contributed by atoms with Gasteiger partial charge >= 0.3 is 5.97 Å². The smallest absolute Gasteiger partial charge is 0.344 e. The fraction of sp³-hybridized carbons (Fsp3) is 0.308. The Balaban J connectivity index is 1.76. The quantitative estimate of drug-likeness (QED) is 0.208. The van der Waals surface area contributed by atoms with Gasteiger partial charge in [-0.25, -0.2) is 14.8 Å². The van der Waals surface area contributed by atoms with Crippen molar-refractivity contribution in [2.45, 2.75) is 46.0 Å². The van der Waals surface area contributed by atoms with Gasteiger partial charge < -0.3 is 10.5 Å². The van der Waals surface area contributed by atoms with Crippen LogP contribution in [0.15, 0.2) is 48.5 Å². The van der Waals surface area contributed by atoms with Crippen molar-refractivity contribution < 1.29 is 14.3 Å². The first-order valence-corrected chi connectivity index (χ1v) is 11.4. The van der Waals surface area contributed by atoms with Crippen molar-refractivity contribution in [2.24, 2.45) is 0 Å². The number of benzene rings is 2. The molecule has 0 saturated carbocycles. The van der Waals surface area contributed by atoms with Crippen LogP contribution in [0.3, 0.4) is 0 Å². The third kappa shape index (κ3) is 4.58. The lowest BCUT2D eigenvalue weighted by Gasteiger charge is -2.09. The monoisotopic (exact) mass is 444 g/mol. The number of fused-ring (bicyclic) bond motifs is 2. The molecule has 0 unspecified atom stereocenters. The van der Waals surface area contributed by atoms with Crippen LogP contribution in [0.25, 0.3) is 27.9 Å². The van der Waals surface area contributed by atoms with Gasteiger partial charge in [-0.15, -0.1) is 0 Å². The molecule has 7 nitrogen and oxygen atoms in total. The van der Waals surface area contributed by atoms with Gasteiger partial charge in [-0.2, -0.15) is 0 Å². The lowest BCUT2D eigenvalue weighted by molar-refractivity contribution is 0.0501. The Labute approximate surface area is 192 Å². The summed E-state index contributed by atoms with van der Waals surface area (Å²) in [6.45, 7) is 4.02. The maximum Gasteiger partial charge on any atom is 0.344 e. The molecule has 0 radical (unpaired) electrons. The number of aromatic nitrogens is 3. The van der Waals surface area contributed by atoms with Crippen molar-refractivity contribution in [1.82, 2.24) is 14.5 Å². The first-order chi connectivity index (χ1) is 16.0. The van der Waals surface area contributed by atoms with Gasteiger partial charge in [0.15, 0.2) is 11.4 Å². The van der Waals surface area contributed by atoms with Crippen molar-refractivity contribution in [2.75, 3.05) is 12.3 Å². The average molecular weight is 445 g/mol. The number of esters is 1. The highest BCUT2D eigenvalue weighted by Crippen LogP contribution is 2.31. The summed E-state index contributed by atoms with van der Waals surface area (Å²) in [5.41, 5.74) is 10.2. The highest BCUT2D eigenvalue weighted by molar-refractivity contribution is 6.09. The minimum atomic E-state index is -0.503. The van der Waals surface area contributed by atoms with Crippen molar-refractivity contribution in [3.05, 3.63) is 59.7 Å². The van der Waals surface area contributed by atoms with Crippen LogP contribution < -0.4 is 5.73 Å². The van der Waals surface area contributed by atoms with Crippen LogP contribution in [0.1, 0.15) is 66.7 Å². The van der Waals surface area contributed by atoms with E-state index in [1.807, 2.05) is 24.3 Å².